The molecule has 1 aliphatic carbocycles. The van der Waals surface area contributed by atoms with Gasteiger partial charge in [-0.3, -0.25) is 0 Å². The zero-order chi connectivity index (χ0) is 11.2. The van der Waals surface area contributed by atoms with Crippen LogP contribution in [0.3, 0.4) is 0 Å². The van der Waals surface area contributed by atoms with Crippen LogP contribution in [-0.4, -0.2) is 12.1 Å². The molecule has 0 amide bonds. The molecule has 3 rings (SSSR count). The average molecular weight is 217 g/mol. The first kappa shape index (κ1) is 10.3. The number of hydrogen-bond acceptors (Lipinski definition) is 3. The maximum Gasteiger partial charge on any atom is 0.492 e. The molecule has 0 atom stereocenters. The standard InChI is InChI=1S/C12H16BNO2/c14-8-9-3-4-10-11(7-9)13(15)16-12(10)5-1-2-6-12/h3-4,7,15H,1-2,5-6,8,14H2. The van der Waals surface area contributed by atoms with Gasteiger partial charge in [-0.25, -0.2) is 0 Å². The van der Waals surface area contributed by atoms with E-state index in [-0.39, 0.29) is 5.60 Å². The molecule has 0 radical (unpaired) electrons. The molecule has 2 aliphatic rings. The van der Waals surface area contributed by atoms with Crippen LogP contribution in [-0.2, 0) is 16.8 Å². The highest BCUT2D eigenvalue weighted by Gasteiger charge is 2.48. The molecule has 1 spiro atoms. The first-order valence-corrected chi connectivity index (χ1v) is 5.94. The number of benzene rings is 1. The van der Waals surface area contributed by atoms with Crippen molar-refractivity contribution in [2.24, 2.45) is 5.73 Å². The minimum absolute atomic E-state index is 0.206. The maximum absolute atomic E-state index is 9.96. The molecule has 1 aliphatic heterocycles. The molecule has 4 heteroatoms. The lowest BCUT2D eigenvalue weighted by Gasteiger charge is -2.24. The van der Waals surface area contributed by atoms with E-state index in [2.05, 4.69) is 6.07 Å². The molecule has 1 aromatic rings. The molecular weight excluding hydrogens is 201 g/mol. The second-order valence-corrected chi connectivity index (χ2v) is 4.80. The molecule has 0 unspecified atom stereocenters. The van der Waals surface area contributed by atoms with Gasteiger partial charge < -0.3 is 15.4 Å². The Morgan fingerprint density at radius 3 is 2.81 bits per heavy atom. The normalized spacial score (nSPS) is 21.8. The molecule has 0 saturated heterocycles. The summed E-state index contributed by atoms with van der Waals surface area (Å²) in [5.74, 6) is 0. The minimum Gasteiger partial charge on any atom is -0.423 e. The third-order valence-electron chi connectivity index (χ3n) is 3.86. The van der Waals surface area contributed by atoms with Gasteiger partial charge in [0.05, 0.1) is 5.60 Å². The van der Waals surface area contributed by atoms with Gasteiger partial charge in [0.1, 0.15) is 0 Å². The van der Waals surface area contributed by atoms with E-state index in [1.54, 1.807) is 0 Å². The second kappa shape index (κ2) is 3.59. The molecule has 16 heavy (non-hydrogen) atoms. The molecule has 0 bridgehead atoms. The highest BCUT2D eigenvalue weighted by molar-refractivity contribution is 6.62. The lowest BCUT2D eigenvalue weighted by Crippen LogP contribution is -2.29. The molecule has 3 nitrogen and oxygen atoms in total. The predicted molar refractivity (Wildman–Crippen MR) is 63.2 cm³/mol. The second-order valence-electron chi connectivity index (χ2n) is 4.80. The Morgan fingerprint density at radius 2 is 2.12 bits per heavy atom. The maximum atomic E-state index is 9.96. The summed E-state index contributed by atoms with van der Waals surface area (Å²) < 4.78 is 5.79. The summed E-state index contributed by atoms with van der Waals surface area (Å²) in [5.41, 5.74) is 8.55. The van der Waals surface area contributed by atoms with Crippen LogP contribution in [0.5, 0.6) is 0 Å². The molecule has 1 heterocycles. The summed E-state index contributed by atoms with van der Waals surface area (Å²) in [6.07, 6.45) is 4.42. The Balaban J connectivity index is 2.08. The number of nitrogens with two attached hydrogens (primary N) is 1. The number of fused-ring (bicyclic) bond motifs is 2. The van der Waals surface area contributed by atoms with Gasteiger partial charge in [-0.1, -0.05) is 31.0 Å². The van der Waals surface area contributed by atoms with Crippen LogP contribution in [0.4, 0.5) is 0 Å². The third kappa shape index (κ3) is 1.34. The minimum atomic E-state index is -0.764. The van der Waals surface area contributed by atoms with E-state index in [0.29, 0.717) is 6.54 Å². The predicted octanol–water partition coefficient (Wildman–Crippen LogP) is 0.632. The Morgan fingerprint density at radius 1 is 1.38 bits per heavy atom. The Hall–Kier alpha value is -0.835. The highest BCUT2D eigenvalue weighted by Crippen LogP contribution is 2.44. The third-order valence-corrected chi connectivity index (χ3v) is 3.86. The van der Waals surface area contributed by atoms with E-state index in [9.17, 15) is 5.02 Å². The quantitative estimate of drug-likeness (QED) is 0.678. The summed E-state index contributed by atoms with van der Waals surface area (Å²) >= 11 is 0. The van der Waals surface area contributed by atoms with E-state index in [4.69, 9.17) is 10.4 Å². The zero-order valence-electron chi connectivity index (χ0n) is 9.28. The van der Waals surface area contributed by atoms with E-state index in [0.717, 1.165) is 23.9 Å². The topological polar surface area (TPSA) is 55.5 Å². The van der Waals surface area contributed by atoms with Crippen molar-refractivity contribution in [1.29, 1.82) is 0 Å². The van der Waals surface area contributed by atoms with Crippen molar-refractivity contribution in [3.8, 4) is 0 Å². The summed E-state index contributed by atoms with van der Waals surface area (Å²) in [4.78, 5) is 0. The first-order chi connectivity index (χ1) is 7.75. The summed E-state index contributed by atoms with van der Waals surface area (Å²) in [7, 11) is -0.764. The monoisotopic (exact) mass is 217 g/mol. The number of rotatable bonds is 1. The smallest absolute Gasteiger partial charge is 0.423 e. The molecular formula is C12H16BNO2. The van der Waals surface area contributed by atoms with Crippen LogP contribution in [0.15, 0.2) is 18.2 Å². The molecule has 1 saturated carbocycles. The van der Waals surface area contributed by atoms with Crippen LogP contribution in [0, 0.1) is 0 Å². The van der Waals surface area contributed by atoms with Crippen molar-refractivity contribution in [3.63, 3.8) is 0 Å². The molecule has 3 N–H and O–H groups in total. The van der Waals surface area contributed by atoms with Crippen LogP contribution >= 0.6 is 0 Å². The van der Waals surface area contributed by atoms with Crippen molar-refractivity contribution in [2.45, 2.75) is 37.8 Å². The van der Waals surface area contributed by atoms with Gasteiger partial charge in [-0.15, -0.1) is 0 Å². The fraction of sp³-hybridized carbons (Fsp3) is 0.500. The van der Waals surface area contributed by atoms with E-state index in [1.807, 2.05) is 12.1 Å². The van der Waals surface area contributed by atoms with Crippen molar-refractivity contribution in [2.75, 3.05) is 0 Å². The van der Waals surface area contributed by atoms with E-state index in [1.165, 1.54) is 18.4 Å². The van der Waals surface area contributed by atoms with E-state index >= 15 is 0 Å². The van der Waals surface area contributed by atoms with Gasteiger partial charge in [0.15, 0.2) is 0 Å². The van der Waals surface area contributed by atoms with Crippen molar-refractivity contribution < 1.29 is 9.68 Å². The lowest BCUT2D eigenvalue weighted by molar-refractivity contribution is 0.0679. The average Bonchev–Trinajstić information content (AvgIpc) is 2.87. The van der Waals surface area contributed by atoms with Gasteiger partial charge in [0.2, 0.25) is 0 Å². The van der Waals surface area contributed by atoms with Crippen LogP contribution < -0.4 is 11.2 Å². The molecule has 1 fully saturated rings. The first-order valence-electron chi connectivity index (χ1n) is 5.94. The van der Waals surface area contributed by atoms with E-state index < -0.39 is 7.12 Å². The molecule has 0 aromatic heterocycles. The van der Waals surface area contributed by atoms with Crippen LogP contribution in [0.2, 0.25) is 0 Å². The Bertz CT molecular complexity index is 415. The lowest BCUT2D eigenvalue weighted by atomic mass is 9.77. The van der Waals surface area contributed by atoms with Crippen molar-refractivity contribution in [1.82, 2.24) is 0 Å². The van der Waals surface area contributed by atoms with Gasteiger partial charge >= 0.3 is 7.12 Å². The van der Waals surface area contributed by atoms with Crippen molar-refractivity contribution in [3.05, 3.63) is 29.3 Å². The summed E-state index contributed by atoms with van der Waals surface area (Å²) in [5, 5.41) is 9.96. The van der Waals surface area contributed by atoms with Gasteiger partial charge in [0.25, 0.3) is 0 Å². The molecule has 84 valence electrons. The van der Waals surface area contributed by atoms with Crippen LogP contribution in [0.1, 0.15) is 36.8 Å². The summed E-state index contributed by atoms with van der Waals surface area (Å²) in [6.45, 7) is 0.507. The van der Waals surface area contributed by atoms with Gasteiger partial charge in [0, 0.05) is 6.54 Å². The van der Waals surface area contributed by atoms with Gasteiger partial charge in [-0.05, 0) is 29.4 Å². The summed E-state index contributed by atoms with van der Waals surface area (Å²) in [6, 6.07) is 6.10. The fourth-order valence-electron chi connectivity index (χ4n) is 3.03. The SMILES string of the molecule is NCc1ccc2c(c1)B(O)OC21CCCC1. The Labute approximate surface area is 95.7 Å². The molecule has 1 aromatic carbocycles. The van der Waals surface area contributed by atoms with Gasteiger partial charge in [-0.2, -0.15) is 0 Å². The largest absolute Gasteiger partial charge is 0.492 e. The Kier molecular flexibility index (Phi) is 2.31. The highest BCUT2D eigenvalue weighted by atomic mass is 16.5. The van der Waals surface area contributed by atoms with Crippen LogP contribution in [0.25, 0.3) is 0 Å². The zero-order valence-corrected chi connectivity index (χ0v) is 9.28. The number of hydrogen-bond donors (Lipinski definition) is 2. The van der Waals surface area contributed by atoms with Crippen molar-refractivity contribution >= 4 is 12.6 Å². The fourth-order valence-corrected chi connectivity index (χ4v) is 3.03.